The lowest BCUT2D eigenvalue weighted by atomic mass is 10.1. The number of methoxy groups -OCH3 is 1. The zero-order valence-corrected chi connectivity index (χ0v) is 18.0. The SMILES string of the molecule is COc1ccc2[nH]c(=O)c(CN(Cc3ccc(F)cc3)C(=O)c3ccccc3Cl)cc2c1. The van der Waals surface area contributed by atoms with Gasteiger partial charge in [-0.25, -0.2) is 4.39 Å². The number of nitrogens with zero attached hydrogens (tertiary/aromatic N) is 1. The molecule has 1 aromatic heterocycles. The number of benzene rings is 3. The standard InChI is InChI=1S/C25H20ClFN2O3/c1-32-20-10-11-23-17(13-20)12-18(24(30)28-23)15-29(14-16-6-8-19(27)9-7-16)25(31)21-4-2-3-5-22(21)26/h2-13H,14-15H2,1H3,(H,28,30). The van der Waals surface area contributed by atoms with Gasteiger partial charge in [-0.1, -0.05) is 35.9 Å². The maximum Gasteiger partial charge on any atom is 0.255 e. The van der Waals surface area contributed by atoms with Crippen molar-refractivity contribution in [1.29, 1.82) is 0 Å². The molecule has 1 heterocycles. The van der Waals surface area contributed by atoms with E-state index in [0.717, 1.165) is 10.9 Å². The third-order valence-corrected chi connectivity index (χ3v) is 5.50. The number of hydrogen-bond acceptors (Lipinski definition) is 3. The fourth-order valence-corrected chi connectivity index (χ4v) is 3.71. The molecule has 1 amide bonds. The monoisotopic (exact) mass is 450 g/mol. The molecule has 3 aromatic carbocycles. The molecular weight excluding hydrogens is 431 g/mol. The van der Waals surface area contributed by atoms with E-state index in [1.165, 1.54) is 17.0 Å². The lowest BCUT2D eigenvalue weighted by molar-refractivity contribution is 0.0729. The maximum atomic E-state index is 13.4. The summed E-state index contributed by atoms with van der Waals surface area (Å²) in [6.07, 6.45) is 0. The van der Waals surface area contributed by atoms with Crippen LogP contribution in [0, 0.1) is 5.82 Å². The first-order valence-electron chi connectivity index (χ1n) is 9.93. The lowest BCUT2D eigenvalue weighted by Crippen LogP contribution is -2.32. The molecule has 0 saturated carbocycles. The van der Waals surface area contributed by atoms with Gasteiger partial charge in [-0.3, -0.25) is 9.59 Å². The molecular formula is C25H20ClFN2O3. The van der Waals surface area contributed by atoms with E-state index in [2.05, 4.69) is 4.98 Å². The molecule has 5 nitrogen and oxygen atoms in total. The Kier molecular flexibility index (Phi) is 6.23. The summed E-state index contributed by atoms with van der Waals surface area (Å²) < 4.78 is 18.6. The predicted octanol–water partition coefficient (Wildman–Crippen LogP) is 5.17. The zero-order chi connectivity index (χ0) is 22.7. The van der Waals surface area contributed by atoms with Gasteiger partial charge in [0.15, 0.2) is 0 Å². The first-order chi connectivity index (χ1) is 15.4. The quantitative estimate of drug-likeness (QED) is 0.440. The van der Waals surface area contributed by atoms with Crippen molar-refractivity contribution in [2.45, 2.75) is 13.1 Å². The van der Waals surface area contributed by atoms with Gasteiger partial charge in [0, 0.05) is 23.0 Å². The van der Waals surface area contributed by atoms with Crippen LogP contribution < -0.4 is 10.3 Å². The average molecular weight is 451 g/mol. The van der Waals surface area contributed by atoms with Crippen LogP contribution in [-0.4, -0.2) is 22.9 Å². The molecule has 0 bridgehead atoms. The van der Waals surface area contributed by atoms with E-state index >= 15 is 0 Å². The van der Waals surface area contributed by atoms with Crippen LogP contribution >= 0.6 is 11.6 Å². The molecule has 32 heavy (non-hydrogen) atoms. The van der Waals surface area contributed by atoms with Gasteiger partial charge in [-0.15, -0.1) is 0 Å². The number of pyridine rings is 1. The van der Waals surface area contributed by atoms with Gasteiger partial charge >= 0.3 is 0 Å². The van der Waals surface area contributed by atoms with Crippen LogP contribution in [0.15, 0.2) is 77.6 Å². The average Bonchev–Trinajstić information content (AvgIpc) is 2.80. The highest BCUT2D eigenvalue weighted by Crippen LogP contribution is 2.22. The Morgan fingerprint density at radius 1 is 1.03 bits per heavy atom. The molecule has 162 valence electrons. The van der Waals surface area contributed by atoms with Crippen molar-refractivity contribution in [3.05, 3.63) is 111 Å². The van der Waals surface area contributed by atoms with Crippen molar-refractivity contribution in [3.63, 3.8) is 0 Å². The van der Waals surface area contributed by atoms with Crippen LogP contribution in [0.5, 0.6) is 5.75 Å². The first kappa shape index (κ1) is 21.6. The van der Waals surface area contributed by atoms with Crippen LogP contribution in [0.1, 0.15) is 21.5 Å². The normalized spacial score (nSPS) is 10.8. The Balaban J connectivity index is 1.73. The number of carbonyl (C=O) groups is 1. The number of aromatic nitrogens is 1. The molecule has 0 atom stereocenters. The van der Waals surface area contributed by atoms with Crippen LogP contribution in [0.25, 0.3) is 10.9 Å². The summed E-state index contributed by atoms with van der Waals surface area (Å²) in [4.78, 5) is 30.5. The lowest BCUT2D eigenvalue weighted by Gasteiger charge is -2.23. The van der Waals surface area contributed by atoms with Gasteiger partial charge in [-0.2, -0.15) is 0 Å². The second-order valence-corrected chi connectivity index (χ2v) is 7.75. The molecule has 0 fully saturated rings. The molecule has 7 heteroatoms. The van der Waals surface area contributed by atoms with E-state index in [9.17, 15) is 14.0 Å². The number of nitrogens with one attached hydrogen (secondary N) is 1. The molecule has 0 saturated heterocycles. The molecule has 1 N–H and O–H groups in total. The number of amides is 1. The number of fused-ring (bicyclic) bond motifs is 1. The summed E-state index contributed by atoms with van der Waals surface area (Å²) >= 11 is 6.25. The van der Waals surface area contributed by atoms with Crippen molar-refractivity contribution in [2.24, 2.45) is 0 Å². The summed E-state index contributed by atoms with van der Waals surface area (Å²) in [7, 11) is 1.57. The number of hydrogen-bond donors (Lipinski definition) is 1. The Morgan fingerprint density at radius 3 is 2.50 bits per heavy atom. The highest BCUT2D eigenvalue weighted by Gasteiger charge is 2.20. The minimum absolute atomic E-state index is 0.0456. The van der Waals surface area contributed by atoms with Crippen LogP contribution in [0.2, 0.25) is 5.02 Å². The summed E-state index contributed by atoms with van der Waals surface area (Å²) in [6.45, 7) is 0.226. The van der Waals surface area contributed by atoms with Gasteiger partial charge in [0.25, 0.3) is 11.5 Å². The van der Waals surface area contributed by atoms with Crippen molar-refractivity contribution >= 4 is 28.4 Å². The molecule has 0 aliphatic carbocycles. The van der Waals surface area contributed by atoms with E-state index < -0.39 is 0 Å². The van der Waals surface area contributed by atoms with Gasteiger partial charge in [0.2, 0.25) is 0 Å². The van der Waals surface area contributed by atoms with E-state index in [-0.39, 0.29) is 30.4 Å². The summed E-state index contributed by atoms with van der Waals surface area (Å²) in [5.74, 6) is -0.0338. The Hall–Kier alpha value is -3.64. The fourth-order valence-electron chi connectivity index (χ4n) is 3.49. The first-order valence-corrected chi connectivity index (χ1v) is 10.3. The van der Waals surface area contributed by atoms with E-state index in [4.69, 9.17) is 16.3 Å². The summed E-state index contributed by atoms with van der Waals surface area (Å²) in [5, 5.41) is 1.10. The second-order valence-electron chi connectivity index (χ2n) is 7.34. The van der Waals surface area contributed by atoms with E-state index in [1.54, 1.807) is 61.7 Å². The molecule has 4 aromatic rings. The molecule has 4 rings (SSSR count). The molecule has 0 radical (unpaired) electrons. The van der Waals surface area contributed by atoms with Crippen LogP contribution in [-0.2, 0) is 13.1 Å². The minimum Gasteiger partial charge on any atom is -0.497 e. The highest BCUT2D eigenvalue weighted by molar-refractivity contribution is 6.33. The highest BCUT2D eigenvalue weighted by atomic mass is 35.5. The number of carbonyl (C=O) groups excluding carboxylic acids is 1. The third-order valence-electron chi connectivity index (χ3n) is 5.17. The van der Waals surface area contributed by atoms with Crippen molar-refractivity contribution in [3.8, 4) is 5.75 Å². The molecule has 0 aliphatic heterocycles. The summed E-state index contributed by atoms with van der Waals surface area (Å²) in [5.41, 5.74) is 1.84. The fraction of sp³-hybridized carbons (Fsp3) is 0.120. The largest absolute Gasteiger partial charge is 0.497 e. The van der Waals surface area contributed by atoms with Crippen LogP contribution in [0.3, 0.4) is 0 Å². The smallest absolute Gasteiger partial charge is 0.255 e. The van der Waals surface area contributed by atoms with Gasteiger partial charge in [-0.05, 0) is 54.1 Å². The van der Waals surface area contributed by atoms with Crippen molar-refractivity contribution in [1.82, 2.24) is 9.88 Å². The van der Waals surface area contributed by atoms with Crippen molar-refractivity contribution < 1.29 is 13.9 Å². The van der Waals surface area contributed by atoms with E-state index in [0.29, 0.717) is 27.4 Å². The maximum absolute atomic E-state index is 13.4. The van der Waals surface area contributed by atoms with Crippen molar-refractivity contribution in [2.75, 3.05) is 7.11 Å². The summed E-state index contributed by atoms with van der Waals surface area (Å²) in [6, 6.07) is 19.7. The van der Waals surface area contributed by atoms with E-state index in [1.807, 2.05) is 6.07 Å². The van der Waals surface area contributed by atoms with Crippen LogP contribution in [0.4, 0.5) is 4.39 Å². The molecule has 0 unspecified atom stereocenters. The topological polar surface area (TPSA) is 62.4 Å². The number of ether oxygens (including phenoxy) is 1. The van der Waals surface area contributed by atoms with Gasteiger partial charge < -0.3 is 14.6 Å². The molecule has 0 aliphatic rings. The number of halogens is 2. The van der Waals surface area contributed by atoms with Gasteiger partial charge in [0.1, 0.15) is 11.6 Å². The number of rotatable bonds is 6. The Labute approximate surface area is 189 Å². The predicted molar refractivity (Wildman–Crippen MR) is 123 cm³/mol. The van der Waals surface area contributed by atoms with Gasteiger partial charge in [0.05, 0.1) is 24.2 Å². The minimum atomic E-state index is -0.363. The Morgan fingerprint density at radius 2 is 1.78 bits per heavy atom. The number of aromatic amines is 1. The zero-order valence-electron chi connectivity index (χ0n) is 17.3. The second kappa shape index (κ2) is 9.24. The molecule has 0 spiro atoms. The number of H-pyrrole nitrogens is 1. The third kappa shape index (κ3) is 4.65. The Bertz CT molecular complexity index is 1340.